The lowest BCUT2D eigenvalue weighted by atomic mass is 10.2. The number of rotatable bonds is 7. The molecule has 17 heavy (non-hydrogen) atoms. The molecule has 0 bridgehead atoms. The zero-order valence-electron chi connectivity index (χ0n) is 11.0. The van der Waals surface area contributed by atoms with Gasteiger partial charge in [0.1, 0.15) is 0 Å². The Bertz CT molecular complexity index is 339. The highest BCUT2D eigenvalue weighted by Gasteiger charge is 1.96. The second-order valence-electron chi connectivity index (χ2n) is 4.41. The van der Waals surface area contributed by atoms with Gasteiger partial charge in [-0.3, -0.25) is 0 Å². The van der Waals surface area contributed by atoms with E-state index in [0.717, 1.165) is 43.2 Å². The molecule has 0 heterocycles. The summed E-state index contributed by atoms with van der Waals surface area (Å²) in [5.74, 6) is 0. The first-order chi connectivity index (χ1) is 8.09. The van der Waals surface area contributed by atoms with E-state index < -0.39 is 0 Å². The first-order valence-electron chi connectivity index (χ1n) is 5.92. The minimum atomic E-state index is 0.720. The lowest BCUT2D eigenvalue weighted by Crippen LogP contribution is -2.20. The van der Waals surface area contributed by atoms with Crippen LogP contribution in [0.2, 0.25) is 0 Å². The van der Waals surface area contributed by atoms with Crippen LogP contribution in [0.3, 0.4) is 0 Å². The molecule has 0 aromatic heterocycles. The summed E-state index contributed by atoms with van der Waals surface area (Å²) in [7, 11) is 4.08. The van der Waals surface area contributed by atoms with E-state index in [2.05, 4.69) is 16.3 Å². The molecule has 0 aliphatic heterocycles. The van der Waals surface area contributed by atoms with Crippen LogP contribution < -0.4 is 11.1 Å². The van der Waals surface area contributed by atoms with E-state index in [1.165, 1.54) is 0 Å². The van der Waals surface area contributed by atoms with Gasteiger partial charge < -0.3 is 20.7 Å². The lowest BCUT2D eigenvalue weighted by Gasteiger charge is -2.11. The fraction of sp³-hybridized carbons (Fsp3) is 0.538. The zero-order chi connectivity index (χ0) is 12.7. The minimum Gasteiger partial charge on any atom is -0.399 e. The van der Waals surface area contributed by atoms with Gasteiger partial charge in [0.25, 0.3) is 0 Å². The third-order valence-electron chi connectivity index (χ3n) is 2.53. The summed E-state index contributed by atoms with van der Waals surface area (Å²) < 4.78 is 5.49. The molecule has 0 radical (unpaired) electrons. The van der Waals surface area contributed by atoms with Crippen molar-refractivity contribution in [3.8, 4) is 0 Å². The van der Waals surface area contributed by atoms with Crippen molar-refractivity contribution in [1.29, 1.82) is 0 Å². The lowest BCUT2D eigenvalue weighted by molar-refractivity contribution is 0.126. The average Bonchev–Trinajstić information content (AvgIpc) is 2.27. The van der Waals surface area contributed by atoms with Gasteiger partial charge in [0.2, 0.25) is 0 Å². The van der Waals surface area contributed by atoms with Gasteiger partial charge in [-0.2, -0.15) is 0 Å². The van der Waals surface area contributed by atoms with Gasteiger partial charge in [-0.05, 0) is 44.8 Å². The number of nitrogens with two attached hydrogens (primary N) is 1. The standard InChI is InChI=1S/C13H23N3O/c1-11-10-12(4-5-13(11)14)15-6-8-17-9-7-16(2)3/h4-5,10,15H,6-9,14H2,1-3H3. The van der Waals surface area contributed by atoms with Crippen LogP contribution in [0.4, 0.5) is 11.4 Å². The van der Waals surface area contributed by atoms with E-state index in [4.69, 9.17) is 10.5 Å². The van der Waals surface area contributed by atoms with Crippen LogP contribution in [0.15, 0.2) is 18.2 Å². The fourth-order valence-corrected chi connectivity index (χ4v) is 1.40. The van der Waals surface area contributed by atoms with Gasteiger partial charge in [0.15, 0.2) is 0 Å². The van der Waals surface area contributed by atoms with Crippen LogP contribution in [0.25, 0.3) is 0 Å². The number of nitrogens with one attached hydrogen (secondary N) is 1. The summed E-state index contributed by atoms with van der Waals surface area (Å²) in [5, 5.41) is 3.31. The van der Waals surface area contributed by atoms with Gasteiger partial charge in [-0.25, -0.2) is 0 Å². The first kappa shape index (κ1) is 13.8. The highest BCUT2D eigenvalue weighted by molar-refractivity contribution is 5.56. The number of anilines is 2. The topological polar surface area (TPSA) is 50.5 Å². The number of benzene rings is 1. The maximum absolute atomic E-state index is 5.75. The molecule has 0 aliphatic carbocycles. The van der Waals surface area contributed by atoms with E-state index in [1.807, 2.05) is 33.2 Å². The molecule has 96 valence electrons. The van der Waals surface area contributed by atoms with Crippen molar-refractivity contribution in [2.24, 2.45) is 0 Å². The van der Waals surface area contributed by atoms with Crippen LogP contribution in [0.1, 0.15) is 5.56 Å². The molecule has 0 saturated carbocycles. The Morgan fingerprint density at radius 2 is 2.06 bits per heavy atom. The summed E-state index contributed by atoms with van der Waals surface area (Å²) in [4.78, 5) is 2.11. The summed E-state index contributed by atoms with van der Waals surface area (Å²) in [6.07, 6.45) is 0. The predicted molar refractivity (Wildman–Crippen MR) is 73.5 cm³/mol. The van der Waals surface area contributed by atoms with E-state index in [-0.39, 0.29) is 0 Å². The normalized spacial score (nSPS) is 10.8. The van der Waals surface area contributed by atoms with E-state index in [0.29, 0.717) is 0 Å². The van der Waals surface area contributed by atoms with Crippen molar-refractivity contribution in [2.45, 2.75) is 6.92 Å². The van der Waals surface area contributed by atoms with Crippen molar-refractivity contribution in [3.63, 3.8) is 0 Å². The van der Waals surface area contributed by atoms with Gasteiger partial charge in [0, 0.05) is 24.5 Å². The van der Waals surface area contributed by atoms with Gasteiger partial charge in [0.05, 0.1) is 13.2 Å². The molecule has 0 fully saturated rings. The summed E-state index contributed by atoms with van der Waals surface area (Å²) in [5.41, 5.74) is 8.78. The molecule has 1 aromatic carbocycles. The smallest absolute Gasteiger partial charge is 0.0639 e. The summed E-state index contributed by atoms with van der Waals surface area (Å²) in [6, 6.07) is 5.96. The van der Waals surface area contributed by atoms with Crippen molar-refractivity contribution in [3.05, 3.63) is 23.8 Å². The van der Waals surface area contributed by atoms with Gasteiger partial charge in [-0.15, -0.1) is 0 Å². The number of likely N-dealkylation sites (N-methyl/N-ethyl adjacent to an activating group) is 1. The number of aryl methyl sites for hydroxylation is 1. The molecule has 0 unspecified atom stereocenters. The molecule has 0 aliphatic rings. The quantitative estimate of drug-likeness (QED) is 0.558. The molecule has 4 nitrogen and oxygen atoms in total. The molecule has 0 amide bonds. The predicted octanol–water partition coefficient (Wildman–Crippen LogP) is 1.57. The van der Waals surface area contributed by atoms with Crippen molar-refractivity contribution in [2.75, 3.05) is 51.4 Å². The Balaban J connectivity index is 2.16. The second-order valence-corrected chi connectivity index (χ2v) is 4.41. The third kappa shape index (κ3) is 5.56. The zero-order valence-corrected chi connectivity index (χ0v) is 11.0. The Kier molecular flexibility index (Phi) is 5.80. The average molecular weight is 237 g/mol. The number of nitrogen functional groups attached to an aromatic ring is 1. The number of hydrogen-bond acceptors (Lipinski definition) is 4. The Labute approximate surface area is 104 Å². The van der Waals surface area contributed by atoms with Gasteiger partial charge in [-0.1, -0.05) is 0 Å². The molecule has 1 rings (SSSR count). The van der Waals surface area contributed by atoms with E-state index in [1.54, 1.807) is 0 Å². The van der Waals surface area contributed by atoms with E-state index >= 15 is 0 Å². The Morgan fingerprint density at radius 3 is 2.71 bits per heavy atom. The van der Waals surface area contributed by atoms with Crippen LogP contribution in [0.5, 0.6) is 0 Å². The number of nitrogens with zero attached hydrogens (tertiary/aromatic N) is 1. The Morgan fingerprint density at radius 1 is 1.29 bits per heavy atom. The highest BCUT2D eigenvalue weighted by atomic mass is 16.5. The SMILES string of the molecule is Cc1cc(NCCOCCN(C)C)ccc1N. The molecular formula is C13H23N3O. The summed E-state index contributed by atoms with van der Waals surface area (Å²) >= 11 is 0. The molecule has 3 N–H and O–H groups in total. The van der Waals surface area contributed by atoms with Crippen LogP contribution in [-0.2, 0) is 4.74 Å². The third-order valence-corrected chi connectivity index (χ3v) is 2.53. The largest absolute Gasteiger partial charge is 0.399 e. The molecule has 0 saturated heterocycles. The summed E-state index contributed by atoms with van der Waals surface area (Å²) in [6.45, 7) is 5.28. The van der Waals surface area contributed by atoms with Crippen LogP contribution >= 0.6 is 0 Å². The number of hydrogen-bond donors (Lipinski definition) is 2. The van der Waals surface area contributed by atoms with Crippen molar-refractivity contribution >= 4 is 11.4 Å². The molecule has 4 heteroatoms. The van der Waals surface area contributed by atoms with Gasteiger partial charge >= 0.3 is 0 Å². The molecule has 1 aromatic rings. The molecular weight excluding hydrogens is 214 g/mol. The monoisotopic (exact) mass is 237 g/mol. The Hall–Kier alpha value is -1.26. The fourth-order valence-electron chi connectivity index (χ4n) is 1.40. The van der Waals surface area contributed by atoms with Crippen molar-refractivity contribution in [1.82, 2.24) is 4.90 Å². The molecule has 0 spiro atoms. The minimum absolute atomic E-state index is 0.720. The highest BCUT2D eigenvalue weighted by Crippen LogP contribution is 2.15. The van der Waals surface area contributed by atoms with Crippen LogP contribution in [-0.4, -0.2) is 45.3 Å². The number of ether oxygens (including phenoxy) is 1. The van der Waals surface area contributed by atoms with Crippen molar-refractivity contribution < 1.29 is 4.74 Å². The van der Waals surface area contributed by atoms with Crippen LogP contribution in [0, 0.1) is 6.92 Å². The van der Waals surface area contributed by atoms with E-state index in [9.17, 15) is 0 Å². The molecule has 0 atom stereocenters. The first-order valence-corrected chi connectivity index (χ1v) is 5.92. The second kappa shape index (κ2) is 7.14. The maximum Gasteiger partial charge on any atom is 0.0639 e. The maximum atomic E-state index is 5.75.